The fourth-order valence-corrected chi connectivity index (χ4v) is 1.57. The van der Waals surface area contributed by atoms with Crippen molar-refractivity contribution in [2.45, 2.75) is 0 Å². The molecule has 0 spiro atoms. The van der Waals surface area contributed by atoms with Crippen LogP contribution < -0.4 is 14.2 Å². The highest BCUT2D eigenvalue weighted by molar-refractivity contribution is 6.35. The van der Waals surface area contributed by atoms with Crippen molar-refractivity contribution in [3.05, 3.63) is 35.9 Å². The molecule has 0 aliphatic heterocycles. The van der Waals surface area contributed by atoms with E-state index in [1.807, 2.05) is 0 Å². The first-order chi connectivity index (χ1) is 10.2. The van der Waals surface area contributed by atoms with Crippen molar-refractivity contribution in [1.29, 1.82) is 5.41 Å². The lowest BCUT2D eigenvalue weighted by Crippen LogP contribution is -2.04. The molecule has 0 unspecified atom stereocenters. The SMILES string of the molecule is COc1cc(OC)nc(Oc2ccccc2C(=O)C=N)n1. The number of carbonyl (C=O) groups excluding carboxylic acids is 1. The summed E-state index contributed by atoms with van der Waals surface area (Å²) in [7, 11) is 2.91. The third kappa shape index (κ3) is 3.33. The van der Waals surface area contributed by atoms with Gasteiger partial charge in [-0.15, -0.1) is 0 Å². The summed E-state index contributed by atoms with van der Waals surface area (Å²) in [6.07, 6.45) is 0.717. The van der Waals surface area contributed by atoms with Crippen LogP contribution in [0.4, 0.5) is 0 Å². The number of hydrogen-bond donors (Lipinski definition) is 1. The number of Topliss-reactive ketones (excluding diaryl/α,β-unsaturated/α-hetero) is 1. The molecule has 2 aromatic rings. The predicted molar refractivity (Wildman–Crippen MR) is 74.8 cm³/mol. The topological polar surface area (TPSA) is 94.4 Å². The first-order valence-electron chi connectivity index (χ1n) is 5.96. The Labute approximate surface area is 121 Å². The standard InChI is InChI=1S/C14H13N3O4/c1-19-12-7-13(20-2)17-14(16-12)21-11-6-4-3-5-9(11)10(18)8-15/h3-8,15H,1-2H3. The summed E-state index contributed by atoms with van der Waals surface area (Å²) in [5.41, 5.74) is 0.248. The lowest BCUT2D eigenvalue weighted by Gasteiger charge is -2.09. The van der Waals surface area contributed by atoms with Crippen molar-refractivity contribution in [1.82, 2.24) is 9.97 Å². The van der Waals surface area contributed by atoms with Crippen molar-refractivity contribution >= 4 is 12.0 Å². The minimum Gasteiger partial charge on any atom is -0.481 e. The van der Waals surface area contributed by atoms with Crippen molar-refractivity contribution in [2.24, 2.45) is 0 Å². The molecule has 1 aromatic carbocycles. The highest BCUT2D eigenvalue weighted by Gasteiger charge is 2.13. The number of rotatable bonds is 6. The second kappa shape index (κ2) is 6.47. The van der Waals surface area contributed by atoms with Crippen LogP contribution >= 0.6 is 0 Å². The molecule has 1 aromatic heterocycles. The summed E-state index contributed by atoms with van der Waals surface area (Å²) in [5, 5.41) is 7.05. The van der Waals surface area contributed by atoms with E-state index in [0.29, 0.717) is 0 Å². The third-order valence-electron chi connectivity index (χ3n) is 2.56. The van der Waals surface area contributed by atoms with Crippen LogP contribution in [0.5, 0.6) is 23.5 Å². The molecule has 1 N–H and O–H groups in total. The van der Waals surface area contributed by atoms with Gasteiger partial charge in [0.1, 0.15) is 5.75 Å². The number of methoxy groups -OCH3 is 2. The van der Waals surface area contributed by atoms with E-state index in [4.69, 9.17) is 19.6 Å². The summed E-state index contributed by atoms with van der Waals surface area (Å²) in [4.78, 5) is 19.7. The number of carbonyl (C=O) groups is 1. The van der Waals surface area contributed by atoms with Gasteiger partial charge in [0.25, 0.3) is 0 Å². The molecule has 0 radical (unpaired) electrons. The molecule has 0 fully saturated rings. The summed E-state index contributed by atoms with van der Waals surface area (Å²) in [6, 6.07) is 8.01. The van der Waals surface area contributed by atoms with Crippen LogP contribution in [0.25, 0.3) is 0 Å². The predicted octanol–water partition coefficient (Wildman–Crippen LogP) is 2.12. The fraction of sp³-hybridized carbons (Fsp3) is 0.143. The number of nitrogens with zero attached hydrogens (tertiary/aromatic N) is 2. The number of hydrogen-bond acceptors (Lipinski definition) is 7. The summed E-state index contributed by atoms with van der Waals surface area (Å²) in [6.45, 7) is 0. The van der Waals surface area contributed by atoms with Crippen LogP contribution in [0, 0.1) is 5.41 Å². The maximum absolute atomic E-state index is 11.7. The Hall–Kier alpha value is -2.96. The normalized spacial score (nSPS) is 9.81. The van der Waals surface area contributed by atoms with Crippen LogP contribution in [-0.2, 0) is 0 Å². The van der Waals surface area contributed by atoms with E-state index in [0.717, 1.165) is 6.21 Å². The summed E-state index contributed by atoms with van der Waals surface area (Å²) < 4.78 is 15.6. The van der Waals surface area contributed by atoms with Crippen molar-refractivity contribution in [3.63, 3.8) is 0 Å². The lowest BCUT2D eigenvalue weighted by atomic mass is 10.1. The van der Waals surface area contributed by atoms with Gasteiger partial charge in [0.15, 0.2) is 0 Å². The molecule has 2 rings (SSSR count). The molecule has 0 aliphatic carbocycles. The summed E-state index contributed by atoms with van der Waals surface area (Å²) in [5.74, 6) is 0.321. The molecule has 0 aliphatic rings. The zero-order valence-corrected chi connectivity index (χ0v) is 11.5. The van der Waals surface area contributed by atoms with Crippen molar-refractivity contribution in [3.8, 4) is 23.5 Å². The lowest BCUT2D eigenvalue weighted by molar-refractivity contribution is 0.106. The summed E-state index contributed by atoms with van der Waals surface area (Å²) >= 11 is 0. The first-order valence-corrected chi connectivity index (χ1v) is 5.96. The molecule has 0 saturated heterocycles. The molecule has 21 heavy (non-hydrogen) atoms. The number of ether oxygens (including phenoxy) is 3. The smallest absolute Gasteiger partial charge is 0.328 e. The Morgan fingerprint density at radius 2 is 1.76 bits per heavy atom. The first kappa shape index (κ1) is 14.4. The monoisotopic (exact) mass is 287 g/mol. The van der Waals surface area contributed by atoms with Crippen LogP contribution in [0.3, 0.4) is 0 Å². The van der Waals surface area contributed by atoms with E-state index in [9.17, 15) is 4.79 Å². The Morgan fingerprint density at radius 3 is 2.33 bits per heavy atom. The Morgan fingerprint density at radius 1 is 1.14 bits per heavy atom. The largest absolute Gasteiger partial charge is 0.481 e. The van der Waals surface area contributed by atoms with E-state index in [-0.39, 0.29) is 29.1 Å². The van der Waals surface area contributed by atoms with Crippen LogP contribution in [0.15, 0.2) is 30.3 Å². The Balaban J connectivity index is 2.38. The molecule has 7 heteroatoms. The van der Waals surface area contributed by atoms with Gasteiger partial charge in [0.2, 0.25) is 17.5 Å². The molecule has 0 amide bonds. The Bertz CT molecular complexity index is 651. The highest BCUT2D eigenvalue weighted by Crippen LogP contribution is 2.26. The van der Waals surface area contributed by atoms with Crippen LogP contribution in [0.1, 0.15) is 10.4 Å². The molecule has 0 atom stereocenters. The van der Waals surface area contributed by atoms with E-state index >= 15 is 0 Å². The molecular formula is C14H13N3O4. The van der Waals surface area contributed by atoms with Gasteiger partial charge < -0.3 is 19.6 Å². The van der Waals surface area contributed by atoms with Gasteiger partial charge in [-0.05, 0) is 12.1 Å². The maximum atomic E-state index is 11.7. The fourth-order valence-electron chi connectivity index (χ4n) is 1.57. The second-order valence-corrected chi connectivity index (χ2v) is 3.84. The van der Waals surface area contributed by atoms with E-state index in [2.05, 4.69) is 9.97 Å². The van der Waals surface area contributed by atoms with E-state index < -0.39 is 5.78 Å². The molecular weight excluding hydrogens is 274 g/mol. The second-order valence-electron chi connectivity index (χ2n) is 3.84. The van der Waals surface area contributed by atoms with Crippen molar-refractivity contribution in [2.75, 3.05) is 14.2 Å². The molecule has 7 nitrogen and oxygen atoms in total. The molecule has 108 valence electrons. The Kier molecular flexibility index (Phi) is 4.45. The van der Waals surface area contributed by atoms with Crippen LogP contribution in [0.2, 0.25) is 0 Å². The third-order valence-corrected chi connectivity index (χ3v) is 2.56. The number of benzene rings is 1. The van der Waals surface area contributed by atoms with Gasteiger partial charge in [-0.2, -0.15) is 9.97 Å². The molecule has 1 heterocycles. The number of nitrogens with one attached hydrogen (secondary N) is 1. The van der Waals surface area contributed by atoms with Gasteiger partial charge in [-0.1, -0.05) is 12.1 Å². The number of aromatic nitrogens is 2. The van der Waals surface area contributed by atoms with Gasteiger partial charge in [-0.25, -0.2) is 0 Å². The van der Waals surface area contributed by atoms with E-state index in [1.165, 1.54) is 20.3 Å². The van der Waals surface area contributed by atoms with Crippen LogP contribution in [-0.4, -0.2) is 36.2 Å². The highest BCUT2D eigenvalue weighted by atomic mass is 16.5. The zero-order valence-electron chi connectivity index (χ0n) is 11.5. The zero-order chi connectivity index (χ0) is 15.2. The minimum absolute atomic E-state index is 0.0172. The van der Waals surface area contributed by atoms with Gasteiger partial charge in [-0.3, -0.25) is 4.79 Å². The van der Waals surface area contributed by atoms with Gasteiger partial charge in [0, 0.05) is 0 Å². The minimum atomic E-state index is -0.472. The van der Waals surface area contributed by atoms with Gasteiger partial charge in [0.05, 0.1) is 32.1 Å². The molecule has 0 bridgehead atoms. The average molecular weight is 287 g/mol. The molecule has 0 saturated carbocycles. The quantitative estimate of drug-likeness (QED) is 0.646. The number of ketones is 1. The average Bonchev–Trinajstić information content (AvgIpc) is 2.54. The number of para-hydroxylation sites is 1. The van der Waals surface area contributed by atoms with E-state index in [1.54, 1.807) is 24.3 Å². The van der Waals surface area contributed by atoms with Crippen molar-refractivity contribution < 1.29 is 19.0 Å². The maximum Gasteiger partial charge on any atom is 0.328 e. The van der Waals surface area contributed by atoms with Gasteiger partial charge >= 0.3 is 6.01 Å².